The van der Waals surface area contributed by atoms with E-state index in [4.69, 9.17) is 11.6 Å². The van der Waals surface area contributed by atoms with Gasteiger partial charge in [-0.05, 0) is 66.8 Å². The molecule has 8 heteroatoms. The van der Waals surface area contributed by atoms with E-state index < -0.39 is 10.0 Å². The van der Waals surface area contributed by atoms with E-state index in [0.717, 1.165) is 10.4 Å². The zero-order valence-electron chi connectivity index (χ0n) is 15.8. The molecule has 0 spiro atoms. The summed E-state index contributed by atoms with van der Waals surface area (Å²) in [5.41, 5.74) is 1.27. The average molecular weight is 449 g/mol. The number of amides is 1. The van der Waals surface area contributed by atoms with Crippen LogP contribution in [0.3, 0.4) is 0 Å². The van der Waals surface area contributed by atoms with Crippen LogP contribution in [0.2, 0.25) is 5.02 Å². The summed E-state index contributed by atoms with van der Waals surface area (Å²) in [6, 6.07) is 16.8. The van der Waals surface area contributed by atoms with Crippen molar-refractivity contribution in [2.24, 2.45) is 0 Å². The number of thiophene rings is 1. The molecule has 0 saturated carbocycles. The first-order valence-corrected chi connectivity index (χ1v) is 11.8. The highest BCUT2D eigenvalue weighted by Crippen LogP contribution is 2.18. The normalized spacial score (nSPS) is 12.5. The Morgan fingerprint density at radius 3 is 2.52 bits per heavy atom. The van der Waals surface area contributed by atoms with E-state index in [2.05, 4.69) is 10.0 Å². The van der Waals surface area contributed by atoms with Gasteiger partial charge in [-0.2, -0.15) is 0 Å². The number of rotatable bonds is 8. The second-order valence-corrected chi connectivity index (χ2v) is 9.74. The molecule has 3 rings (SSSR count). The van der Waals surface area contributed by atoms with Crippen molar-refractivity contribution >= 4 is 38.9 Å². The number of benzene rings is 2. The Hall–Kier alpha value is -2.19. The van der Waals surface area contributed by atoms with Gasteiger partial charge in [0.2, 0.25) is 10.0 Å². The van der Waals surface area contributed by atoms with Gasteiger partial charge in [-0.15, -0.1) is 11.3 Å². The SMILES string of the molecule is CC(NC(=O)c1ccc(S(=O)(=O)NCCc2cccs2)cc1)c1cccc(Cl)c1. The Kier molecular flexibility index (Phi) is 7.08. The Morgan fingerprint density at radius 1 is 1.10 bits per heavy atom. The summed E-state index contributed by atoms with van der Waals surface area (Å²) in [5, 5.41) is 5.45. The van der Waals surface area contributed by atoms with E-state index in [1.54, 1.807) is 23.5 Å². The minimum Gasteiger partial charge on any atom is -0.346 e. The van der Waals surface area contributed by atoms with Crippen LogP contribution >= 0.6 is 22.9 Å². The Morgan fingerprint density at radius 2 is 1.86 bits per heavy atom. The molecule has 5 nitrogen and oxygen atoms in total. The van der Waals surface area contributed by atoms with Crippen LogP contribution in [0, 0.1) is 0 Å². The molecule has 0 saturated heterocycles. The summed E-state index contributed by atoms with van der Waals surface area (Å²) in [4.78, 5) is 13.7. The van der Waals surface area contributed by atoms with Gasteiger partial charge in [0.15, 0.2) is 0 Å². The van der Waals surface area contributed by atoms with E-state index in [1.165, 1.54) is 24.3 Å². The summed E-state index contributed by atoms with van der Waals surface area (Å²) in [6.07, 6.45) is 0.638. The molecule has 2 N–H and O–H groups in total. The summed E-state index contributed by atoms with van der Waals surface area (Å²) < 4.78 is 27.4. The van der Waals surface area contributed by atoms with E-state index >= 15 is 0 Å². The minimum absolute atomic E-state index is 0.128. The molecule has 152 valence electrons. The van der Waals surface area contributed by atoms with Crippen LogP contribution in [0.5, 0.6) is 0 Å². The van der Waals surface area contributed by atoms with Crippen molar-refractivity contribution in [2.45, 2.75) is 24.3 Å². The lowest BCUT2D eigenvalue weighted by Gasteiger charge is -2.15. The second kappa shape index (κ2) is 9.54. The highest BCUT2D eigenvalue weighted by molar-refractivity contribution is 7.89. The number of nitrogens with one attached hydrogen (secondary N) is 2. The molecule has 29 heavy (non-hydrogen) atoms. The van der Waals surface area contributed by atoms with Crippen molar-refractivity contribution in [1.29, 1.82) is 0 Å². The third kappa shape index (κ3) is 5.90. The predicted octanol–water partition coefficient (Wildman–Crippen LogP) is 4.41. The quantitative estimate of drug-likeness (QED) is 0.535. The fourth-order valence-corrected chi connectivity index (χ4v) is 4.71. The van der Waals surface area contributed by atoms with Crippen molar-refractivity contribution in [1.82, 2.24) is 10.0 Å². The molecule has 0 aliphatic carbocycles. The molecule has 0 aliphatic heterocycles. The summed E-state index contributed by atoms with van der Waals surface area (Å²) in [5.74, 6) is -0.285. The van der Waals surface area contributed by atoms with Crippen LogP contribution in [0.15, 0.2) is 70.9 Å². The van der Waals surface area contributed by atoms with Crippen molar-refractivity contribution in [2.75, 3.05) is 6.54 Å². The fraction of sp³-hybridized carbons (Fsp3) is 0.190. The molecular weight excluding hydrogens is 428 g/mol. The first-order chi connectivity index (χ1) is 13.8. The number of hydrogen-bond donors (Lipinski definition) is 2. The Labute approximate surface area is 179 Å². The summed E-state index contributed by atoms with van der Waals surface area (Å²) in [7, 11) is -3.62. The monoisotopic (exact) mass is 448 g/mol. The molecule has 3 aromatic rings. The zero-order chi connectivity index (χ0) is 20.9. The Bertz CT molecular complexity index is 1070. The van der Waals surface area contributed by atoms with Gasteiger partial charge in [0.1, 0.15) is 0 Å². The predicted molar refractivity (Wildman–Crippen MR) is 117 cm³/mol. The van der Waals surface area contributed by atoms with Gasteiger partial charge < -0.3 is 5.32 Å². The maximum Gasteiger partial charge on any atom is 0.251 e. The van der Waals surface area contributed by atoms with Crippen LogP contribution in [0.25, 0.3) is 0 Å². The molecule has 1 atom stereocenters. The van der Waals surface area contributed by atoms with Crippen molar-refractivity contribution in [3.63, 3.8) is 0 Å². The van der Waals surface area contributed by atoms with Crippen LogP contribution < -0.4 is 10.0 Å². The molecule has 1 aromatic heterocycles. The largest absolute Gasteiger partial charge is 0.346 e. The van der Waals surface area contributed by atoms with Gasteiger partial charge >= 0.3 is 0 Å². The van der Waals surface area contributed by atoms with E-state index in [1.807, 2.05) is 36.6 Å². The molecule has 0 bridgehead atoms. The lowest BCUT2D eigenvalue weighted by Crippen LogP contribution is -2.27. The van der Waals surface area contributed by atoms with Crippen LogP contribution in [-0.4, -0.2) is 20.9 Å². The number of sulfonamides is 1. The third-order valence-corrected chi connectivity index (χ3v) is 7.01. The highest BCUT2D eigenvalue weighted by Gasteiger charge is 2.16. The molecule has 2 aromatic carbocycles. The number of carbonyl (C=O) groups excluding carboxylic acids is 1. The van der Waals surface area contributed by atoms with E-state index in [9.17, 15) is 13.2 Å². The van der Waals surface area contributed by atoms with Gasteiger partial charge in [-0.1, -0.05) is 29.8 Å². The van der Waals surface area contributed by atoms with Gasteiger partial charge in [-0.25, -0.2) is 13.1 Å². The lowest BCUT2D eigenvalue weighted by molar-refractivity contribution is 0.0940. The Balaban J connectivity index is 1.60. The first kappa shape index (κ1) is 21.5. The zero-order valence-corrected chi connectivity index (χ0v) is 18.2. The van der Waals surface area contributed by atoms with Crippen LogP contribution in [0.1, 0.15) is 33.8 Å². The van der Waals surface area contributed by atoms with Crippen LogP contribution in [-0.2, 0) is 16.4 Å². The molecule has 0 fully saturated rings. The minimum atomic E-state index is -3.62. The standard InChI is InChI=1S/C21H21ClN2O3S2/c1-15(17-4-2-5-18(22)14-17)24-21(25)16-7-9-20(10-8-16)29(26,27)23-12-11-19-6-3-13-28-19/h2-10,13-15,23H,11-12H2,1H3,(H,24,25). The van der Waals surface area contributed by atoms with Gasteiger partial charge in [0.25, 0.3) is 5.91 Å². The van der Waals surface area contributed by atoms with Gasteiger partial charge in [0.05, 0.1) is 10.9 Å². The fourth-order valence-electron chi connectivity index (χ4n) is 2.77. The molecule has 1 heterocycles. The maximum atomic E-state index is 12.5. The molecule has 1 amide bonds. The second-order valence-electron chi connectivity index (χ2n) is 6.50. The van der Waals surface area contributed by atoms with Gasteiger partial charge in [0, 0.05) is 22.0 Å². The smallest absolute Gasteiger partial charge is 0.251 e. The van der Waals surface area contributed by atoms with E-state index in [-0.39, 0.29) is 16.8 Å². The molecule has 1 unspecified atom stereocenters. The van der Waals surface area contributed by atoms with Crippen molar-refractivity contribution in [3.05, 3.63) is 87.1 Å². The van der Waals surface area contributed by atoms with Gasteiger partial charge in [-0.3, -0.25) is 4.79 Å². The van der Waals surface area contributed by atoms with Crippen LogP contribution in [0.4, 0.5) is 0 Å². The molecule has 0 aliphatic rings. The van der Waals surface area contributed by atoms with Crippen molar-refractivity contribution < 1.29 is 13.2 Å². The van der Waals surface area contributed by atoms with Crippen molar-refractivity contribution in [3.8, 4) is 0 Å². The summed E-state index contributed by atoms with van der Waals surface area (Å²) in [6.45, 7) is 2.18. The maximum absolute atomic E-state index is 12.5. The lowest BCUT2D eigenvalue weighted by atomic mass is 10.1. The van der Waals surface area contributed by atoms with E-state index in [0.29, 0.717) is 23.6 Å². The summed E-state index contributed by atoms with van der Waals surface area (Å²) >= 11 is 7.58. The number of halogens is 1. The average Bonchev–Trinajstić information content (AvgIpc) is 3.21. The molecular formula is C21H21ClN2O3S2. The third-order valence-electron chi connectivity index (χ3n) is 4.37. The number of hydrogen-bond acceptors (Lipinski definition) is 4. The number of carbonyl (C=O) groups is 1. The highest BCUT2D eigenvalue weighted by atomic mass is 35.5. The first-order valence-electron chi connectivity index (χ1n) is 9.03. The topological polar surface area (TPSA) is 75.3 Å². The molecule has 0 radical (unpaired) electrons.